The summed E-state index contributed by atoms with van der Waals surface area (Å²) < 4.78 is 41.5. The summed E-state index contributed by atoms with van der Waals surface area (Å²) in [5.74, 6) is -2.64. The second kappa shape index (κ2) is 7.53. The first-order valence-corrected chi connectivity index (χ1v) is 8.16. The molecule has 1 amide bonds. The first-order valence-electron chi connectivity index (χ1n) is 8.16. The second-order valence-corrected chi connectivity index (χ2v) is 6.29. The van der Waals surface area contributed by atoms with Crippen LogP contribution in [0.5, 0.6) is 5.75 Å². The van der Waals surface area contributed by atoms with E-state index in [1.54, 1.807) is 6.92 Å². The molecule has 2 atom stereocenters. The van der Waals surface area contributed by atoms with Gasteiger partial charge in [0, 0.05) is 13.1 Å². The van der Waals surface area contributed by atoms with E-state index in [4.69, 9.17) is 0 Å². The van der Waals surface area contributed by atoms with Crippen molar-refractivity contribution in [1.29, 1.82) is 0 Å². The molecule has 6 nitrogen and oxygen atoms in total. The van der Waals surface area contributed by atoms with Crippen LogP contribution in [0.25, 0.3) is 0 Å². The summed E-state index contributed by atoms with van der Waals surface area (Å²) >= 11 is 0. The van der Waals surface area contributed by atoms with Gasteiger partial charge in [0.25, 0.3) is 5.91 Å². The van der Waals surface area contributed by atoms with Crippen molar-refractivity contribution in [2.75, 3.05) is 13.1 Å². The molecule has 0 bridgehead atoms. The molecule has 9 heteroatoms. The number of benzene rings is 1. The highest BCUT2D eigenvalue weighted by Gasteiger charge is 2.49. The number of hydrogen-bond donors (Lipinski definition) is 2. The Hall–Kier alpha value is -2.29. The number of carbonyl (C=O) groups is 2. The van der Waals surface area contributed by atoms with E-state index in [1.165, 1.54) is 18.2 Å². The number of hydrogen-bond acceptors (Lipinski definition) is 4. The van der Waals surface area contributed by atoms with Crippen molar-refractivity contribution in [3.8, 4) is 5.75 Å². The second-order valence-electron chi connectivity index (χ2n) is 6.29. The Morgan fingerprint density at radius 2 is 2.00 bits per heavy atom. The lowest BCUT2D eigenvalue weighted by Crippen LogP contribution is -2.57. The third-order valence-electron chi connectivity index (χ3n) is 4.54. The maximum Gasteiger partial charge on any atom is 0.573 e. The number of para-hydroxylation sites is 1. The molecule has 0 aliphatic carbocycles. The Kier molecular flexibility index (Phi) is 5.80. The number of aliphatic hydroxyl groups is 1. The minimum absolute atomic E-state index is 0.0281. The van der Waals surface area contributed by atoms with Crippen LogP contribution in [-0.4, -0.2) is 52.5 Å². The van der Waals surface area contributed by atoms with Gasteiger partial charge < -0.3 is 19.8 Å². The molecule has 1 saturated heterocycles. The Morgan fingerprint density at radius 1 is 1.35 bits per heavy atom. The average Bonchev–Trinajstić information content (AvgIpc) is 2.55. The Labute approximate surface area is 148 Å². The van der Waals surface area contributed by atoms with Crippen LogP contribution in [0.15, 0.2) is 24.3 Å². The Bertz CT molecular complexity index is 679. The van der Waals surface area contributed by atoms with Crippen molar-refractivity contribution < 1.29 is 37.7 Å². The third-order valence-corrected chi connectivity index (χ3v) is 4.54. The van der Waals surface area contributed by atoms with Gasteiger partial charge in [-0.1, -0.05) is 25.5 Å². The van der Waals surface area contributed by atoms with E-state index in [9.17, 15) is 33.0 Å². The molecule has 2 N–H and O–H groups in total. The van der Waals surface area contributed by atoms with Gasteiger partial charge in [-0.05, 0) is 25.0 Å². The molecule has 1 aliphatic rings. The number of halogens is 3. The lowest BCUT2D eigenvalue weighted by Gasteiger charge is -2.43. The number of nitrogens with zero attached hydrogens (tertiary/aromatic N) is 1. The van der Waals surface area contributed by atoms with Crippen LogP contribution in [0.1, 0.15) is 36.5 Å². The molecule has 1 aromatic carbocycles. The fourth-order valence-electron chi connectivity index (χ4n) is 3.29. The van der Waals surface area contributed by atoms with E-state index < -0.39 is 35.5 Å². The number of carboxylic acids is 1. The van der Waals surface area contributed by atoms with Gasteiger partial charge in [-0.3, -0.25) is 9.59 Å². The molecule has 2 rings (SSSR count). The molecule has 144 valence electrons. The number of amides is 1. The molecule has 1 fully saturated rings. The van der Waals surface area contributed by atoms with Crippen LogP contribution < -0.4 is 4.74 Å². The van der Waals surface area contributed by atoms with E-state index in [1.807, 2.05) is 0 Å². The van der Waals surface area contributed by atoms with Crippen molar-refractivity contribution >= 4 is 11.9 Å². The lowest BCUT2D eigenvalue weighted by molar-refractivity contribution is -0.274. The van der Waals surface area contributed by atoms with E-state index in [-0.39, 0.29) is 31.5 Å². The van der Waals surface area contributed by atoms with Gasteiger partial charge in [0.1, 0.15) is 11.2 Å². The fourth-order valence-corrected chi connectivity index (χ4v) is 3.29. The standard InChI is InChI=1S/C17H20F3NO5/c1-2-8-16(15(24)25)10-21(9-7-13(16)22)14(23)11-5-3-4-6-12(11)26-17(18,19)20/h3-6,13,22H,2,7-10H2,1H3,(H,24,25)/t13-,16+/m0/s1. The van der Waals surface area contributed by atoms with Crippen molar-refractivity contribution in [1.82, 2.24) is 4.90 Å². The van der Waals surface area contributed by atoms with Crippen LogP contribution in [0.3, 0.4) is 0 Å². The number of alkyl halides is 3. The van der Waals surface area contributed by atoms with E-state index in [0.29, 0.717) is 6.42 Å². The number of piperidine rings is 1. The van der Waals surface area contributed by atoms with Crippen molar-refractivity contribution in [3.63, 3.8) is 0 Å². The van der Waals surface area contributed by atoms with Crippen molar-refractivity contribution in [2.45, 2.75) is 38.7 Å². The minimum Gasteiger partial charge on any atom is -0.481 e. The highest BCUT2D eigenvalue weighted by Crippen LogP contribution is 2.37. The zero-order chi connectivity index (χ0) is 19.5. The van der Waals surface area contributed by atoms with Crippen LogP contribution in [0.2, 0.25) is 0 Å². The molecule has 0 aromatic heterocycles. The summed E-state index contributed by atoms with van der Waals surface area (Å²) in [6.45, 7) is 1.51. The molecule has 0 unspecified atom stereocenters. The predicted octanol–water partition coefficient (Wildman–Crippen LogP) is 2.66. The molecule has 26 heavy (non-hydrogen) atoms. The topological polar surface area (TPSA) is 87.1 Å². The summed E-state index contributed by atoms with van der Waals surface area (Å²) in [6.07, 6.45) is -5.44. The molecule has 1 aliphatic heterocycles. The highest BCUT2D eigenvalue weighted by molar-refractivity contribution is 5.97. The smallest absolute Gasteiger partial charge is 0.481 e. The zero-order valence-corrected chi connectivity index (χ0v) is 14.1. The summed E-state index contributed by atoms with van der Waals surface area (Å²) in [5, 5.41) is 19.8. The van der Waals surface area contributed by atoms with Gasteiger partial charge in [-0.2, -0.15) is 0 Å². The van der Waals surface area contributed by atoms with E-state index in [2.05, 4.69) is 4.74 Å². The number of ether oxygens (including phenoxy) is 1. The molecular formula is C17H20F3NO5. The predicted molar refractivity (Wildman–Crippen MR) is 84.6 cm³/mol. The average molecular weight is 375 g/mol. The number of carbonyl (C=O) groups excluding carboxylic acids is 1. The third kappa shape index (κ3) is 4.09. The Balaban J connectivity index is 2.32. The molecule has 0 saturated carbocycles. The Morgan fingerprint density at radius 3 is 2.58 bits per heavy atom. The molecular weight excluding hydrogens is 355 g/mol. The number of aliphatic hydroxyl groups excluding tert-OH is 1. The minimum atomic E-state index is -4.96. The van der Waals surface area contributed by atoms with Crippen molar-refractivity contribution in [2.24, 2.45) is 5.41 Å². The van der Waals surface area contributed by atoms with Crippen LogP contribution in [0.4, 0.5) is 13.2 Å². The van der Waals surface area contributed by atoms with Crippen LogP contribution >= 0.6 is 0 Å². The maximum absolute atomic E-state index is 12.7. The van der Waals surface area contributed by atoms with Gasteiger partial charge >= 0.3 is 12.3 Å². The molecule has 0 radical (unpaired) electrons. The first kappa shape index (κ1) is 20.0. The molecule has 0 spiro atoms. The SMILES string of the molecule is CCC[C@@]1(C(=O)O)CN(C(=O)c2ccccc2OC(F)(F)F)CC[C@@H]1O. The summed E-state index contributed by atoms with van der Waals surface area (Å²) in [4.78, 5) is 25.7. The van der Waals surface area contributed by atoms with Gasteiger partial charge in [-0.25, -0.2) is 0 Å². The lowest BCUT2D eigenvalue weighted by atomic mass is 9.74. The normalized spacial score (nSPS) is 23.6. The van der Waals surface area contributed by atoms with Gasteiger partial charge in [-0.15, -0.1) is 13.2 Å². The van der Waals surface area contributed by atoms with E-state index >= 15 is 0 Å². The number of likely N-dealkylation sites (tertiary alicyclic amines) is 1. The van der Waals surface area contributed by atoms with Crippen molar-refractivity contribution in [3.05, 3.63) is 29.8 Å². The van der Waals surface area contributed by atoms with E-state index in [0.717, 1.165) is 11.0 Å². The maximum atomic E-state index is 12.7. The summed E-state index contributed by atoms with van der Waals surface area (Å²) in [7, 11) is 0. The van der Waals surface area contributed by atoms with Gasteiger partial charge in [0.15, 0.2) is 0 Å². The molecule has 1 aromatic rings. The zero-order valence-electron chi connectivity index (χ0n) is 14.1. The summed E-state index contributed by atoms with van der Waals surface area (Å²) in [6, 6.07) is 4.91. The summed E-state index contributed by atoms with van der Waals surface area (Å²) in [5.41, 5.74) is -1.85. The number of aliphatic carboxylic acids is 1. The van der Waals surface area contributed by atoms with Gasteiger partial charge in [0.2, 0.25) is 0 Å². The van der Waals surface area contributed by atoms with Crippen LogP contribution in [0, 0.1) is 5.41 Å². The number of rotatable bonds is 5. The highest BCUT2D eigenvalue weighted by atomic mass is 19.4. The van der Waals surface area contributed by atoms with Crippen LogP contribution in [-0.2, 0) is 4.79 Å². The molecule has 1 heterocycles. The largest absolute Gasteiger partial charge is 0.573 e. The first-order chi connectivity index (χ1) is 12.1. The quantitative estimate of drug-likeness (QED) is 0.826. The fraction of sp³-hybridized carbons (Fsp3) is 0.529. The van der Waals surface area contributed by atoms with Gasteiger partial charge in [0.05, 0.1) is 11.7 Å². The monoisotopic (exact) mass is 375 g/mol. The number of carboxylic acid groups (broad SMARTS) is 1.